The molecule has 0 saturated carbocycles. The number of halogens is 4. The van der Waals surface area contributed by atoms with Gasteiger partial charge in [-0.1, -0.05) is 6.07 Å². The molecule has 0 aliphatic carbocycles. The number of rotatable bonds is 9. The Labute approximate surface area is 194 Å². The fraction of sp³-hybridized carbons (Fsp3) is 0.222. The highest BCUT2D eigenvalue weighted by Crippen LogP contribution is 2.36. The van der Waals surface area contributed by atoms with Crippen molar-refractivity contribution in [2.24, 2.45) is 0 Å². The molecule has 0 spiro atoms. The number of carbonyl (C=O) groups is 2. The van der Waals surface area contributed by atoms with Gasteiger partial charge >= 0.3 is 11.9 Å². The first-order valence-corrected chi connectivity index (χ1v) is 11.1. The molecule has 0 amide bonds. The maximum absolute atomic E-state index is 11.6. The SMILES string of the molecule is O=C(O)c1cc(Br)c(OC(CCCOc2c(Br)cccc2Br)C(=O)O)c(Br)c1. The molecule has 0 radical (unpaired) electrons. The molecule has 0 aliphatic rings. The third-order valence-corrected chi connectivity index (χ3v) is 5.98. The molecule has 0 aromatic heterocycles. The number of para-hydroxylation sites is 1. The smallest absolute Gasteiger partial charge is 0.344 e. The third-order valence-electron chi connectivity index (χ3n) is 3.56. The van der Waals surface area contributed by atoms with Crippen LogP contribution in [0.15, 0.2) is 48.2 Å². The van der Waals surface area contributed by atoms with Crippen molar-refractivity contribution in [1.82, 2.24) is 0 Å². The van der Waals surface area contributed by atoms with Gasteiger partial charge in [-0.3, -0.25) is 0 Å². The Bertz CT molecular complexity index is 843. The van der Waals surface area contributed by atoms with Crippen LogP contribution in [0.25, 0.3) is 0 Å². The second kappa shape index (κ2) is 10.6. The molecule has 0 heterocycles. The van der Waals surface area contributed by atoms with E-state index in [1.54, 1.807) is 0 Å². The van der Waals surface area contributed by atoms with Crippen molar-refractivity contribution < 1.29 is 29.3 Å². The average Bonchev–Trinajstić information content (AvgIpc) is 2.61. The Kier molecular flexibility index (Phi) is 8.79. The van der Waals surface area contributed by atoms with Crippen LogP contribution in [0.4, 0.5) is 0 Å². The van der Waals surface area contributed by atoms with Gasteiger partial charge in [0.2, 0.25) is 0 Å². The normalized spacial score (nSPS) is 11.7. The van der Waals surface area contributed by atoms with Crippen molar-refractivity contribution in [3.05, 3.63) is 53.8 Å². The molecule has 150 valence electrons. The molecule has 2 N–H and O–H groups in total. The topological polar surface area (TPSA) is 93.1 Å². The molecule has 1 unspecified atom stereocenters. The number of carboxylic acid groups (broad SMARTS) is 2. The van der Waals surface area contributed by atoms with E-state index in [1.807, 2.05) is 18.2 Å². The third kappa shape index (κ3) is 6.20. The average molecular weight is 646 g/mol. The van der Waals surface area contributed by atoms with E-state index in [-0.39, 0.29) is 17.7 Å². The second-order valence-corrected chi connectivity index (χ2v) is 8.98. The van der Waals surface area contributed by atoms with Gasteiger partial charge in [0.15, 0.2) is 6.10 Å². The molecule has 28 heavy (non-hydrogen) atoms. The Hall–Kier alpha value is -1.10. The lowest BCUT2D eigenvalue weighted by molar-refractivity contribution is -0.145. The first-order chi connectivity index (χ1) is 13.2. The number of hydrogen-bond acceptors (Lipinski definition) is 4. The Morgan fingerprint density at radius 1 is 0.929 bits per heavy atom. The fourth-order valence-electron chi connectivity index (χ4n) is 2.23. The van der Waals surface area contributed by atoms with E-state index in [9.17, 15) is 14.7 Å². The molecule has 2 aromatic carbocycles. The highest BCUT2D eigenvalue weighted by molar-refractivity contribution is 9.11. The largest absolute Gasteiger partial charge is 0.491 e. The van der Waals surface area contributed by atoms with Gasteiger partial charge in [-0.15, -0.1) is 0 Å². The van der Waals surface area contributed by atoms with Crippen molar-refractivity contribution in [3.8, 4) is 11.5 Å². The maximum atomic E-state index is 11.6. The molecule has 2 rings (SSSR count). The fourth-order valence-corrected chi connectivity index (χ4v) is 4.84. The van der Waals surface area contributed by atoms with Crippen LogP contribution in [0.2, 0.25) is 0 Å². The highest BCUT2D eigenvalue weighted by atomic mass is 79.9. The summed E-state index contributed by atoms with van der Waals surface area (Å²) in [7, 11) is 0. The lowest BCUT2D eigenvalue weighted by Gasteiger charge is -2.18. The molecule has 10 heteroatoms. The minimum atomic E-state index is -1.12. The molecule has 0 fully saturated rings. The van der Waals surface area contributed by atoms with Crippen LogP contribution >= 0.6 is 63.7 Å². The minimum Gasteiger partial charge on any atom is -0.491 e. The molecule has 0 bridgehead atoms. The van der Waals surface area contributed by atoms with Crippen molar-refractivity contribution in [3.63, 3.8) is 0 Å². The monoisotopic (exact) mass is 642 g/mol. The van der Waals surface area contributed by atoms with Gasteiger partial charge in [-0.05, 0) is 101 Å². The van der Waals surface area contributed by atoms with E-state index in [0.717, 1.165) is 8.95 Å². The van der Waals surface area contributed by atoms with Crippen LogP contribution < -0.4 is 9.47 Å². The summed E-state index contributed by atoms with van der Waals surface area (Å²) in [5.41, 5.74) is 0.0467. The quantitative estimate of drug-likeness (QED) is 0.319. The summed E-state index contributed by atoms with van der Waals surface area (Å²) in [6.07, 6.45) is -0.473. The van der Waals surface area contributed by atoms with E-state index in [2.05, 4.69) is 63.7 Å². The van der Waals surface area contributed by atoms with Crippen molar-refractivity contribution in [1.29, 1.82) is 0 Å². The molecule has 6 nitrogen and oxygen atoms in total. The van der Waals surface area contributed by atoms with Crippen LogP contribution in [0.5, 0.6) is 11.5 Å². The van der Waals surface area contributed by atoms with Gasteiger partial charge in [-0.2, -0.15) is 0 Å². The molecule has 0 saturated heterocycles. The van der Waals surface area contributed by atoms with E-state index in [4.69, 9.17) is 14.6 Å². The van der Waals surface area contributed by atoms with Crippen molar-refractivity contribution in [2.75, 3.05) is 6.61 Å². The number of carboxylic acids is 2. The minimum absolute atomic E-state index is 0.0467. The second-order valence-electron chi connectivity index (χ2n) is 5.56. The van der Waals surface area contributed by atoms with Crippen LogP contribution in [-0.2, 0) is 4.79 Å². The van der Waals surface area contributed by atoms with Gasteiger partial charge < -0.3 is 19.7 Å². The van der Waals surface area contributed by atoms with Crippen LogP contribution in [0.1, 0.15) is 23.2 Å². The molecular formula is C18H14Br4O6. The first kappa shape index (κ1) is 23.2. The summed E-state index contributed by atoms with van der Waals surface area (Å²) in [5, 5.41) is 18.5. The standard InChI is InChI=1S/C18H14Br4O6/c19-10-3-1-4-11(20)15(10)27-6-2-5-14(18(25)26)28-16-12(21)7-9(17(23)24)8-13(16)22/h1,3-4,7-8,14H,2,5-6H2,(H,23,24)(H,25,26). The van der Waals surface area contributed by atoms with E-state index < -0.39 is 18.0 Å². The summed E-state index contributed by atoms with van der Waals surface area (Å²) in [6.45, 7) is 0.300. The van der Waals surface area contributed by atoms with Crippen LogP contribution in [0.3, 0.4) is 0 Å². The Morgan fingerprint density at radius 2 is 1.50 bits per heavy atom. The van der Waals surface area contributed by atoms with E-state index in [0.29, 0.717) is 27.7 Å². The molecule has 0 aliphatic heterocycles. The lowest BCUT2D eigenvalue weighted by atomic mass is 10.2. The first-order valence-electron chi connectivity index (χ1n) is 7.89. The summed E-state index contributed by atoms with van der Waals surface area (Å²) in [4.78, 5) is 22.7. The summed E-state index contributed by atoms with van der Waals surface area (Å²) in [6, 6.07) is 8.27. The van der Waals surface area contributed by atoms with Crippen LogP contribution in [-0.4, -0.2) is 34.9 Å². The highest BCUT2D eigenvalue weighted by Gasteiger charge is 2.23. The zero-order chi connectivity index (χ0) is 20.8. The van der Waals surface area contributed by atoms with Gasteiger partial charge in [0.1, 0.15) is 11.5 Å². The Morgan fingerprint density at radius 3 is 2.00 bits per heavy atom. The Balaban J connectivity index is 2.01. The van der Waals surface area contributed by atoms with Gasteiger partial charge in [0, 0.05) is 0 Å². The summed E-state index contributed by atoms with van der Waals surface area (Å²) < 4.78 is 13.6. The van der Waals surface area contributed by atoms with Gasteiger partial charge in [0.25, 0.3) is 0 Å². The number of benzene rings is 2. The van der Waals surface area contributed by atoms with Crippen molar-refractivity contribution in [2.45, 2.75) is 18.9 Å². The summed E-state index contributed by atoms with van der Waals surface area (Å²) >= 11 is 13.3. The van der Waals surface area contributed by atoms with Crippen molar-refractivity contribution >= 4 is 75.7 Å². The number of hydrogen-bond donors (Lipinski definition) is 2. The predicted molar refractivity (Wildman–Crippen MR) is 117 cm³/mol. The lowest BCUT2D eigenvalue weighted by Crippen LogP contribution is -2.28. The predicted octanol–water partition coefficient (Wildman–Crippen LogP) is 6.13. The molecular weight excluding hydrogens is 632 g/mol. The van der Waals surface area contributed by atoms with E-state index in [1.165, 1.54) is 12.1 Å². The summed E-state index contributed by atoms with van der Waals surface area (Å²) in [5.74, 6) is -1.35. The van der Waals surface area contributed by atoms with Gasteiger partial charge in [-0.25, -0.2) is 9.59 Å². The maximum Gasteiger partial charge on any atom is 0.344 e. The van der Waals surface area contributed by atoms with Crippen LogP contribution in [0, 0.1) is 0 Å². The van der Waals surface area contributed by atoms with Gasteiger partial charge in [0.05, 0.1) is 30.1 Å². The number of aromatic carboxylic acids is 1. The zero-order valence-corrected chi connectivity index (χ0v) is 20.5. The van der Waals surface area contributed by atoms with E-state index >= 15 is 0 Å². The number of aliphatic carboxylic acids is 1. The zero-order valence-electron chi connectivity index (χ0n) is 14.1. The number of ether oxygens (including phenoxy) is 2. The molecule has 2 aromatic rings. The molecule has 1 atom stereocenters.